The van der Waals surface area contributed by atoms with Crippen LogP contribution in [-0.2, 0) is 4.79 Å². The predicted octanol–water partition coefficient (Wildman–Crippen LogP) is 0.951. The first-order valence-electron chi connectivity index (χ1n) is 5.28. The molecular weight excluding hydrogens is 164 g/mol. The van der Waals surface area contributed by atoms with Crippen molar-refractivity contribution in [1.29, 1.82) is 0 Å². The molecule has 13 heavy (non-hydrogen) atoms. The molecule has 0 unspecified atom stereocenters. The molecule has 1 amide bonds. The Morgan fingerprint density at radius 2 is 1.77 bits per heavy atom. The fourth-order valence-electron chi connectivity index (χ4n) is 1.69. The van der Waals surface area contributed by atoms with Gasteiger partial charge >= 0.3 is 0 Å². The molecule has 76 valence electrons. The molecule has 1 aliphatic rings. The molecule has 0 aromatic heterocycles. The van der Waals surface area contributed by atoms with Crippen LogP contribution in [0, 0.1) is 0 Å². The van der Waals surface area contributed by atoms with Crippen LogP contribution in [-0.4, -0.2) is 48.4 Å². The van der Waals surface area contributed by atoms with E-state index < -0.39 is 0 Å². The van der Waals surface area contributed by atoms with Crippen LogP contribution in [0.25, 0.3) is 0 Å². The molecule has 0 aromatic rings. The van der Waals surface area contributed by atoms with Gasteiger partial charge in [-0.15, -0.1) is 0 Å². The highest BCUT2D eigenvalue weighted by Gasteiger charge is 2.18. The molecule has 1 rings (SSSR count). The number of carbonyl (C=O) groups excluding carboxylic acids is 1. The van der Waals surface area contributed by atoms with Gasteiger partial charge in [-0.3, -0.25) is 4.79 Å². The minimum absolute atomic E-state index is 0.332. The van der Waals surface area contributed by atoms with Crippen molar-refractivity contribution in [3.05, 3.63) is 0 Å². The quantitative estimate of drug-likeness (QED) is 0.652. The van der Waals surface area contributed by atoms with Gasteiger partial charge in [-0.25, -0.2) is 0 Å². The van der Waals surface area contributed by atoms with E-state index in [0.717, 1.165) is 39.1 Å². The molecule has 1 fully saturated rings. The first-order valence-corrected chi connectivity index (χ1v) is 5.28. The molecule has 0 atom stereocenters. The van der Waals surface area contributed by atoms with E-state index in [-0.39, 0.29) is 0 Å². The van der Waals surface area contributed by atoms with E-state index >= 15 is 0 Å². The summed E-state index contributed by atoms with van der Waals surface area (Å²) in [6.45, 7) is 9.27. The van der Waals surface area contributed by atoms with Gasteiger partial charge in [-0.05, 0) is 13.0 Å². The molecule has 1 heterocycles. The molecule has 3 heteroatoms. The largest absolute Gasteiger partial charge is 0.340 e. The second-order valence-corrected chi connectivity index (χ2v) is 3.57. The third-order valence-electron chi connectivity index (χ3n) is 2.64. The van der Waals surface area contributed by atoms with Crippen LogP contribution in [0.5, 0.6) is 0 Å². The smallest absolute Gasteiger partial charge is 0.222 e. The number of hydrogen-bond donors (Lipinski definition) is 0. The molecule has 1 saturated heterocycles. The summed E-state index contributed by atoms with van der Waals surface area (Å²) in [5, 5.41) is 0. The van der Waals surface area contributed by atoms with Crippen molar-refractivity contribution in [2.45, 2.75) is 26.7 Å². The Bertz CT molecular complexity index is 162. The Hall–Kier alpha value is -0.570. The summed E-state index contributed by atoms with van der Waals surface area (Å²) < 4.78 is 0. The molecule has 0 bridgehead atoms. The summed E-state index contributed by atoms with van der Waals surface area (Å²) >= 11 is 0. The Labute approximate surface area is 80.7 Å². The van der Waals surface area contributed by atoms with Gasteiger partial charge in [0.05, 0.1) is 0 Å². The molecule has 0 saturated carbocycles. The van der Waals surface area contributed by atoms with Crippen LogP contribution in [0.1, 0.15) is 26.7 Å². The summed E-state index contributed by atoms with van der Waals surface area (Å²) in [5.41, 5.74) is 0. The fraction of sp³-hybridized carbons (Fsp3) is 0.900. The van der Waals surface area contributed by atoms with Crippen LogP contribution in [0.3, 0.4) is 0 Å². The zero-order chi connectivity index (χ0) is 9.68. The number of rotatable bonds is 3. The highest BCUT2D eigenvalue weighted by Crippen LogP contribution is 2.04. The van der Waals surface area contributed by atoms with Gasteiger partial charge in [0.15, 0.2) is 0 Å². The van der Waals surface area contributed by atoms with Crippen LogP contribution >= 0.6 is 0 Å². The van der Waals surface area contributed by atoms with Crippen LogP contribution in [0.2, 0.25) is 0 Å². The van der Waals surface area contributed by atoms with Gasteiger partial charge in [0.1, 0.15) is 0 Å². The molecule has 0 aromatic carbocycles. The summed E-state index contributed by atoms with van der Waals surface area (Å²) in [5.74, 6) is 0.332. The Morgan fingerprint density at radius 3 is 2.23 bits per heavy atom. The summed E-state index contributed by atoms with van der Waals surface area (Å²) in [7, 11) is 0. The van der Waals surface area contributed by atoms with Crippen LogP contribution < -0.4 is 0 Å². The zero-order valence-corrected chi connectivity index (χ0v) is 8.75. The lowest BCUT2D eigenvalue weighted by molar-refractivity contribution is -0.132. The van der Waals surface area contributed by atoms with Crippen molar-refractivity contribution in [3.8, 4) is 0 Å². The molecule has 1 aliphatic heterocycles. The maximum atomic E-state index is 11.5. The van der Waals surface area contributed by atoms with Gasteiger partial charge in [0, 0.05) is 32.6 Å². The predicted molar refractivity (Wildman–Crippen MR) is 53.6 cm³/mol. The van der Waals surface area contributed by atoms with Crippen molar-refractivity contribution in [2.24, 2.45) is 0 Å². The molecule has 0 radical (unpaired) electrons. The second kappa shape index (κ2) is 5.22. The van der Waals surface area contributed by atoms with Gasteiger partial charge < -0.3 is 9.80 Å². The minimum atomic E-state index is 0.332. The highest BCUT2D eigenvalue weighted by molar-refractivity contribution is 5.76. The van der Waals surface area contributed by atoms with Crippen molar-refractivity contribution in [3.63, 3.8) is 0 Å². The summed E-state index contributed by atoms with van der Waals surface area (Å²) in [4.78, 5) is 15.9. The monoisotopic (exact) mass is 184 g/mol. The van der Waals surface area contributed by atoms with E-state index in [4.69, 9.17) is 0 Å². The minimum Gasteiger partial charge on any atom is -0.340 e. The van der Waals surface area contributed by atoms with E-state index in [1.807, 2.05) is 4.90 Å². The highest BCUT2D eigenvalue weighted by atomic mass is 16.2. The van der Waals surface area contributed by atoms with Gasteiger partial charge in [-0.2, -0.15) is 0 Å². The molecule has 0 aliphatic carbocycles. The average molecular weight is 184 g/mol. The Morgan fingerprint density at radius 1 is 1.15 bits per heavy atom. The van der Waals surface area contributed by atoms with Crippen molar-refractivity contribution in [1.82, 2.24) is 9.80 Å². The van der Waals surface area contributed by atoms with Crippen LogP contribution in [0.4, 0.5) is 0 Å². The lowest BCUT2D eigenvalue weighted by Gasteiger charge is -2.34. The number of likely N-dealkylation sites (N-methyl/N-ethyl adjacent to an activating group) is 1. The van der Waals surface area contributed by atoms with E-state index in [9.17, 15) is 4.79 Å². The summed E-state index contributed by atoms with van der Waals surface area (Å²) in [6.07, 6.45) is 1.68. The maximum absolute atomic E-state index is 11.5. The molecule has 0 N–H and O–H groups in total. The van der Waals surface area contributed by atoms with Crippen molar-refractivity contribution >= 4 is 5.91 Å². The number of piperazine rings is 1. The van der Waals surface area contributed by atoms with Gasteiger partial charge in [0.2, 0.25) is 5.91 Å². The van der Waals surface area contributed by atoms with Gasteiger partial charge in [0.25, 0.3) is 0 Å². The third kappa shape index (κ3) is 2.99. The topological polar surface area (TPSA) is 23.6 Å². The SMILES string of the molecule is CCCC(=O)N1CCN(CC)CC1. The number of nitrogens with zero attached hydrogens (tertiary/aromatic N) is 2. The first kappa shape index (κ1) is 10.5. The first-order chi connectivity index (χ1) is 6.27. The van der Waals surface area contributed by atoms with Gasteiger partial charge in [-0.1, -0.05) is 13.8 Å². The number of hydrogen-bond acceptors (Lipinski definition) is 2. The Kier molecular flexibility index (Phi) is 4.22. The molecule has 3 nitrogen and oxygen atoms in total. The maximum Gasteiger partial charge on any atom is 0.222 e. The number of amides is 1. The number of carbonyl (C=O) groups is 1. The van der Waals surface area contributed by atoms with E-state index in [1.54, 1.807) is 0 Å². The lowest BCUT2D eigenvalue weighted by atomic mass is 10.2. The zero-order valence-electron chi connectivity index (χ0n) is 8.75. The lowest BCUT2D eigenvalue weighted by Crippen LogP contribution is -2.48. The van der Waals surface area contributed by atoms with Crippen LogP contribution in [0.15, 0.2) is 0 Å². The van der Waals surface area contributed by atoms with Crippen molar-refractivity contribution < 1.29 is 4.79 Å². The second-order valence-electron chi connectivity index (χ2n) is 3.57. The molecule has 0 spiro atoms. The van der Waals surface area contributed by atoms with E-state index in [1.165, 1.54) is 0 Å². The van der Waals surface area contributed by atoms with E-state index in [0.29, 0.717) is 12.3 Å². The standard InChI is InChI=1S/C10H20N2O/c1-3-5-10(13)12-8-6-11(4-2)7-9-12/h3-9H2,1-2H3. The Balaban J connectivity index is 2.28. The molecular formula is C10H20N2O. The van der Waals surface area contributed by atoms with Crippen molar-refractivity contribution in [2.75, 3.05) is 32.7 Å². The summed E-state index contributed by atoms with van der Waals surface area (Å²) in [6, 6.07) is 0. The normalized spacial score (nSPS) is 19.1. The average Bonchev–Trinajstić information content (AvgIpc) is 2.18. The van der Waals surface area contributed by atoms with E-state index in [2.05, 4.69) is 18.7 Å². The fourth-order valence-corrected chi connectivity index (χ4v) is 1.69. The third-order valence-corrected chi connectivity index (χ3v) is 2.64.